The second kappa shape index (κ2) is 11.6. The highest BCUT2D eigenvalue weighted by Gasteiger charge is 2.26. The molecule has 0 aliphatic carbocycles. The van der Waals surface area contributed by atoms with Crippen molar-refractivity contribution in [1.29, 1.82) is 0 Å². The summed E-state index contributed by atoms with van der Waals surface area (Å²) in [5.74, 6) is 0.979. The lowest BCUT2D eigenvalue weighted by atomic mass is 10.1. The first kappa shape index (κ1) is 25.9. The summed E-state index contributed by atoms with van der Waals surface area (Å²) in [4.78, 5) is 13.3. The Bertz CT molecular complexity index is 1240. The summed E-state index contributed by atoms with van der Waals surface area (Å²) in [6.45, 7) is 0.414. The summed E-state index contributed by atoms with van der Waals surface area (Å²) in [5, 5.41) is 2.89. The van der Waals surface area contributed by atoms with Crippen molar-refractivity contribution in [2.75, 3.05) is 38.4 Å². The van der Waals surface area contributed by atoms with Gasteiger partial charge in [-0.1, -0.05) is 42.5 Å². The summed E-state index contributed by atoms with van der Waals surface area (Å²) < 4.78 is 42.8. The lowest BCUT2D eigenvalue weighted by molar-refractivity contribution is 0.0954. The molecule has 0 aliphatic rings. The maximum Gasteiger partial charge on any atom is 0.253 e. The molecule has 1 amide bonds. The molecule has 35 heavy (non-hydrogen) atoms. The monoisotopic (exact) mass is 498 g/mol. The van der Waals surface area contributed by atoms with Crippen molar-refractivity contribution in [3.8, 4) is 17.2 Å². The first-order valence-electron chi connectivity index (χ1n) is 11.0. The van der Waals surface area contributed by atoms with E-state index in [2.05, 4.69) is 5.32 Å². The Kier molecular flexibility index (Phi) is 8.59. The molecule has 0 spiro atoms. The van der Waals surface area contributed by atoms with Crippen LogP contribution >= 0.6 is 0 Å². The number of amides is 1. The van der Waals surface area contributed by atoms with Crippen molar-refractivity contribution in [2.45, 2.75) is 13.0 Å². The summed E-state index contributed by atoms with van der Waals surface area (Å²) in [5.41, 5.74) is 2.17. The molecule has 0 saturated carbocycles. The minimum atomic E-state index is -3.74. The number of methoxy groups -OCH3 is 3. The number of nitrogens with one attached hydrogen (secondary N) is 1. The van der Waals surface area contributed by atoms with E-state index < -0.39 is 15.9 Å². The Morgan fingerprint density at radius 2 is 1.49 bits per heavy atom. The maximum atomic E-state index is 13.3. The number of nitrogens with zero attached hydrogens (tertiary/aromatic N) is 1. The van der Waals surface area contributed by atoms with Gasteiger partial charge in [0, 0.05) is 12.6 Å². The molecule has 1 N–H and O–H groups in total. The second-order valence-electron chi connectivity index (χ2n) is 7.83. The van der Waals surface area contributed by atoms with E-state index in [9.17, 15) is 13.2 Å². The van der Waals surface area contributed by atoms with Crippen LogP contribution < -0.4 is 23.8 Å². The van der Waals surface area contributed by atoms with Gasteiger partial charge in [-0.3, -0.25) is 9.10 Å². The van der Waals surface area contributed by atoms with Crippen LogP contribution in [0.2, 0.25) is 0 Å². The molecule has 186 valence electrons. The van der Waals surface area contributed by atoms with Gasteiger partial charge >= 0.3 is 0 Å². The van der Waals surface area contributed by atoms with Gasteiger partial charge in [0.15, 0.2) is 11.5 Å². The molecular formula is C26H30N2O6S. The molecule has 9 heteroatoms. The summed E-state index contributed by atoms with van der Waals surface area (Å²) in [7, 11) is 0.779. The van der Waals surface area contributed by atoms with Crippen LogP contribution in [0.4, 0.5) is 5.69 Å². The molecule has 0 aromatic heterocycles. The lowest BCUT2D eigenvalue weighted by Gasteiger charge is -2.26. The van der Waals surface area contributed by atoms with E-state index >= 15 is 0 Å². The predicted octanol–water partition coefficient (Wildman–Crippen LogP) is 3.65. The zero-order valence-corrected chi connectivity index (χ0v) is 21.1. The number of ether oxygens (including phenoxy) is 3. The van der Waals surface area contributed by atoms with Gasteiger partial charge < -0.3 is 19.5 Å². The van der Waals surface area contributed by atoms with E-state index in [0.29, 0.717) is 24.5 Å². The van der Waals surface area contributed by atoms with Crippen LogP contribution in [-0.2, 0) is 23.0 Å². The minimum absolute atomic E-state index is 0.0568. The van der Waals surface area contributed by atoms with Gasteiger partial charge in [-0.25, -0.2) is 8.42 Å². The molecule has 3 aromatic carbocycles. The quantitative estimate of drug-likeness (QED) is 0.434. The zero-order chi connectivity index (χ0) is 25.4. The number of hydrogen-bond donors (Lipinski definition) is 1. The molecule has 3 rings (SSSR count). The van der Waals surface area contributed by atoms with Crippen LogP contribution in [0.1, 0.15) is 21.5 Å². The van der Waals surface area contributed by atoms with Crippen molar-refractivity contribution in [3.63, 3.8) is 0 Å². The highest BCUT2D eigenvalue weighted by molar-refractivity contribution is 7.92. The molecule has 0 heterocycles. The number of carbonyl (C=O) groups excluding carboxylic acids is 1. The average Bonchev–Trinajstić information content (AvgIpc) is 2.86. The molecule has 8 nitrogen and oxygen atoms in total. The zero-order valence-electron chi connectivity index (χ0n) is 20.3. The standard InChI is InChI=1S/C26H30N2O6S/c1-32-21-12-10-19(11-13-21)14-15-27-26(29)22-16-24(33-2)25(34-3)17-23(22)28(35(4,30)31)18-20-8-6-5-7-9-20/h5-13,16-17H,14-15,18H2,1-4H3,(H,27,29). The Labute approximate surface area is 206 Å². The Balaban J connectivity index is 1.93. The van der Waals surface area contributed by atoms with Crippen LogP contribution in [-0.4, -0.2) is 48.5 Å². The first-order valence-corrected chi connectivity index (χ1v) is 12.8. The fourth-order valence-electron chi connectivity index (χ4n) is 3.59. The third-order valence-electron chi connectivity index (χ3n) is 5.44. The van der Waals surface area contributed by atoms with Crippen molar-refractivity contribution >= 4 is 21.6 Å². The molecule has 0 aliphatic heterocycles. The van der Waals surface area contributed by atoms with Crippen molar-refractivity contribution in [3.05, 3.63) is 83.4 Å². The number of rotatable bonds is 11. The average molecular weight is 499 g/mol. The van der Waals surface area contributed by atoms with Crippen LogP contribution in [0.5, 0.6) is 17.2 Å². The van der Waals surface area contributed by atoms with Crippen molar-refractivity contribution < 1.29 is 27.4 Å². The molecule has 3 aromatic rings. The minimum Gasteiger partial charge on any atom is -0.497 e. The van der Waals surface area contributed by atoms with E-state index in [1.165, 1.54) is 30.7 Å². The molecule has 0 unspecified atom stereocenters. The van der Waals surface area contributed by atoms with E-state index in [1.807, 2.05) is 54.6 Å². The Morgan fingerprint density at radius 1 is 0.857 bits per heavy atom. The number of anilines is 1. The van der Waals surface area contributed by atoms with Gasteiger partial charge in [0.1, 0.15) is 5.75 Å². The van der Waals surface area contributed by atoms with E-state index in [1.54, 1.807) is 7.11 Å². The Hall–Kier alpha value is -3.72. The topological polar surface area (TPSA) is 94.2 Å². The maximum absolute atomic E-state index is 13.3. The fourth-order valence-corrected chi connectivity index (χ4v) is 4.49. The molecule has 0 bridgehead atoms. The van der Waals surface area contributed by atoms with Gasteiger partial charge in [0.25, 0.3) is 5.91 Å². The number of benzene rings is 3. The first-order chi connectivity index (χ1) is 16.8. The summed E-state index contributed by atoms with van der Waals surface area (Å²) in [6, 6.07) is 19.8. The van der Waals surface area contributed by atoms with Crippen LogP contribution in [0.25, 0.3) is 0 Å². The molecule has 0 radical (unpaired) electrons. The molecule has 0 fully saturated rings. The van der Waals surface area contributed by atoms with Gasteiger partial charge in [0.2, 0.25) is 10.0 Å². The van der Waals surface area contributed by atoms with Gasteiger partial charge in [-0.05, 0) is 35.7 Å². The van der Waals surface area contributed by atoms with Crippen LogP contribution in [0.15, 0.2) is 66.7 Å². The van der Waals surface area contributed by atoms with Crippen LogP contribution in [0.3, 0.4) is 0 Å². The van der Waals surface area contributed by atoms with Crippen LogP contribution in [0, 0.1) is 0 Å². The highest BCUT2D eigenvalue weighted by atomic mass is 32.2. The predicted molar refractivity (Wildman–Crippen MR) is 136 cm³/mol. The fraction of sp³-hybridized carbons (Fsp3) is 0.269. The number of carbonyl (C=O) groups is 1. The SMILES string of the molecule is COc1ccc(CCNC(=O)c2cc(OC)c(OC)cc2N(Cc2ccccc2)S(C)(=O)=O)cc1. The smallest absolute Gasteiger partial charge is 0.253 e. The van der Waals surface area contributed by atoms with E-state index in [0.717, 1.165) is 23.1 Å². The molecular weight excluding hydrogens is 468 g/mol. The second-order valence-corrected chi connectivity index (χ2v) is 9.74. The number of sulfonamides is 1. The van der Waals surface area contributed by atoms with Gasteiger partial charge in [0.05, 0.1) is 45.4 Å². The lowest BCUT2D eigenvalue weighted by Crippen LogP contribution is -2.33. The summed E-state index contributed by atoms with van der Waals surface area (Å²) in [6.07, 6.45) is 1.70. The molecule has 0 saturated heterocycles. The third-order valence-corrected chi connectivity index (χ3v) is 6.57. The van der Waals surface area contributed by atoms with Crippen molar-refractivity contribution in [1.82, 2.24) is 5.32 Å². The largest absolute Gasteiger partial charge is 0.497 e. The van der Waals surface area contributed by atoms with Gasteiger partial charge in [-0.15, -0.1) is 0 Å². The third kappa shape index (κ3) is 6.66. The van der Waals surface area contributed by atoms with Crippen molar-refractivity contribution in [2.24, 2.45) is 0 Å². The highest BCUT2D eigenvalue weighted by Crippen LogP contribution is 2.37. The summed E-state index contributed by atoms with van der Waals surface area (Å²) >= 11 is 0. The normalized spacial score (nSPS) is 11.0. The van der Waals surface area contributed by atoms with Gasteiger partial charge in [-0.2, -0.15) is 0 Å². The van der Waals surface area contributed by atoms with E-state index in [4.69, 9.17) is 14.2 Å². The van der Waals surface area contributed by atoms with E-state index in [-0.39, 0.29) is 17.8 Å². The number of hydrogen-bond acceptors (Lipinski definition) is 6. The Morgan fingerprint density at radius 3 is 2.06 bits per heavy atom. The molecule has 0 atom stereocenters.